The summed E-state index contributed by atoms with van der Waals surface area (Å²) in [4.78, 5) is 29.8. The van der Waals surface area contributed by atoms with E-state index in [9.17, 15) is 9.59 Å². The van der Waals surface area contributed by atoms with Gasteiger partial charge in [-0.2, -0.15) is 16.9 Å². The van der Waals surface area contributed by atoms with Crippen LogP contribution in [0.3, 0.4) is 0 Å². The second-order valence-corrected chi connectivity index (χ2v) is 7.83. The number of nitrogens with zero attached hydrogens (tertiary/aromatic N) is 3. The topological polar surface area (TPSA) is 88.9 Å². The third-order valence-electron chi connectivity index (χ3n) is 4.39. The summed E-state index contributed by atoms with van der Waals surface area (Å²) in [5.41, 5.74) is 1.16. The molecule has 0 aliphatic carbocycles. The van der Waals surface area contributed by atoms with Crippen LogP contribution in [-0.2, 0) is 11.3 Å². The molecule has 0 radical (unpaired) electrons. The van der Waals surface area contributed by atoms with E-state index in [0.717, 1.165) is 11.3 Å². The van der Waals surface area contributed by atoms with Gasteiger partial charge in [0, 0.05) is 30.7 Å². The van der Waals surface area contributed by atoms with Crippen molar-refractivity contribution in [2.75, 3.05) is 12.0 Å². The van der Waals surface area contributed by atoms with Crippen LogP contribution < -0.4 is 10.6 Å². The lowest BCUT2D eigenvalue weighted by molar-refractivity contribution is -0.123. The third kappa shape index (κ3) is 5.61. The maximum Gasteiger partial charge on any atom is 0.253 e. The fourth-order valence-electron chi connectivity index (χ4n) is 2.86. The first kappa shape index (κ1) is 21.9. The zero-order valence-corrected chi connectivity index (χ0v) is 18.0. The molecule has 0 aliphatic heterocycles. The molecule has 2 heterocycles. The van der Waals surface area contributed by atoms with Crippen LogP contribution in [0.1, 0.15) is 22.3 Å². The quantitative estimate of drug-likeness (QED) is 0.530. The predicted molar refractivity (Wildman–Crippen MR) is 119 cm³/mol. The molecule has 7 nitrogen and oxygen atoms in total. The highest BCUT2D eigenvalue weighted by atomic mass is 35.5. The van der Waals surface area contributed by atoms with Gasteiger partial charge in [0.15, 0.2) is 5.82 Å². The number of hydrogen-bond donors (Lipinski definition) is 2. The average Bonchev–Trinajstić information content (AvgIpc) is 3.30. The standard InChI is InChI=1S/C21H22ClN5O2S/c1-30-13-9-18(26-20(28)16-7-2-3-8-17(16)22)21(29)24-14-15-6-4-10-23-19(15)27-12-5-11-25-27/h2-8,10-12,18H,9,13-14H2,1H3,(H,24,29)(H,26,28). The summed E-state index contributed by atoms with van der Waals surface area (Å²) < 4.78 is 1.64. The maximum atomic E-state index is 12.9. The van der Waals surface area contributed by atoms with Crippen molar-refractivity contribution < 1.29 is 9.59 Å². The molecule has 0 aliphatic rings. The van der Waals surface area contributed by atoms with Gasteiger partial charge < -0.3 is 10.6 Å². The van der Waals surface area contributed by atoms with Crippen molar-refractivity contribution in [3.63, 3.8) is 0 Å². The molecule has 0 saturated heterocycles. The van der Waals surface area contributed by atoms with Crippen molar-refractivity contribution in [2.45, 2.75) is 19.0 Å². The van der Waals surface area contributed by atoms with Crippen LogP contribution in [0.2, 0.25) is 5.02 Å². The molecule has 2 amide bonds. The molecule has 0 fully saturated rings. The summed E-state index contributed by atoms with van der Waals surface area (Å²) in [6, 6.07) is 11.6. The number of aromatic nitrogens is 3. The maximum absolute atomic E-state index is 12.9. The number of carbonyl (C=O) groups is 2. The molecule has 1 unspecified atom stereocenters. The van der Waals surface area contributed by atoms with Crippen molar-refractivity contribution >= 4 is 35.2 Å². The summed E-state index contributed by atoms with van der Waals surface area (Å²) >= 11 is 7.72. The molecular weight excluding hydrogens is 422 g/mol. The van der Waals surface area contributed by atoms with Crippen molar-refractivity contribution in [3.8, 4) is 5.82 Å². The van der Waals surface area contributed by atoms with E-state index in [-0.39, 0.29) is 18.4 Å². The van der Waals surface area contributed by atoms with Crippen LogP contribution >= 0.6 is 23.4 Å². The minimum Gasteiger partial charge on any atom is -0.350 e. The zero-order valence-electron chi connectivity index (χ0n) is 16.4. The molecule has 9 heteroatoms. The van der Waals surface area contributed by atoms with Crippen LogP contribution in [0.15, 0.2) is 61.1 Å². The smallest absolute Gasteiger partial charge is 0.253 e. The fourth-order valence-corrected chi connectivity index (χ4v) is 3.55. The molecule has 2 aromatic heterocycles. The van der Waals surface area contributed by atoms with Gasteiger partial charge in [-0.25, -0.2) is 9.67 Å². The minimum absolute atomic E-state index is 0.263. The molecule has 3 rings (SSSR count). The molecule has 0 bridgehead atoms. The number of rotatable bonds is 9. The lowest BCUT2D eigenvalue weighted by Crippen LogP contribution is -2.47. The van der Waals surface area contributed by atoms with Gasteiger partial charge in [0.1, 0.15) is 6.04 Å². The summed E-state index contributed by atoms with van der Waals surface area (Å²) in [6.45, 7) is 0.263. The Morgan fingerprint density at radius 3 is 2.73 bits per heavy atom. The van der Waals surface area contributed by atoms with E-state index >= 15 is 0 Å². The van der Waals surface area contributed by atoms with Gasteiger partial charge in [-0.1, -0.05) is 29.8 Å². The Morgan fingerprint density at radius 2 is 2.00 bits per heavy atom. The Morgan fingerprint density at radius 1 is 1.17 bits per heavy atom. The number of halogens is 1. The Labute approximate surface area is 184 Å². The minimum atomic E-state index is -0.675. The van der Waals surface area contributed by atoms with Crippen molar-refractivity contribution in [3.05, 3.63) is 77.2 Å². The largest absolute Gasteiger partial charge is 0.350 e. The average molecular weight is 444 g/mol. The Balaban J connectivity index is 1.69. The van der Waals surface area contributed by atoms with Gasteiger partial charge in [0.2, 0.25) is 5.91 Å². The van der Waals surface area contributed by atoms with Gasteiger partial charge >= 0.3 is 0 Å². The van der Waals surface area contributed by atoms with Gasteiger partial charge in [-0.3, -0.25) is 9.59 Å². The molecule has 2 N–H and O–H groups in total. The van der Waals surface area contributed by atoms with Crippen molar-refractivity contribution in [1.29, 1.82) is 0 Å². The first-order valence-electron chi connectivity index (χ1n) is 9.36. The summed E-state index contributed by atoms with van der Waals surface area (Å²) in [5.74, 6) is 0.732. The van der Waals surface area contributed by atoms with E-state index in [0.29, 0.717) is 22.8 Å². The Kier molecular flexibility index (Phi) is 7.87. The lowest BCUT2D eigenvalue weighted by Gasteiger charge is -2.19. The van der Waals surface area contributed by atoms with E-state index in [1.54, 1.807) is 71.4 Å². The normalized spacial score (nSPS) is 11.7. The van der Waals surface area contributed by atoms with Crippen LogP contribution in [-0.4, -0.2) is 44.6 Å². The lowest BCUT2D eigenvalue weighted by atomic mass is 10.1. The molecule has 1 atom stereocenters. The monoisotopic (exact) mass is 443 g/mol. The molecule has 3 aromatic rings. The fraction of sp³-hybridized carbons (Fsp3) is 0.238. The Bertz CT molecular complexity index is 997. The second-order valence-electron chi connectivity index (χ2n) is 6.44. The second kappa shape index (κ2) is 10.8. The van der Waals surface area contributed by atoms with E-state index < -0.39 is 6.04 Å². The van der Waals surface area contributed by atoms with Gasteiger partial charge in [0.05, 0.1) is 10.6 Å². The third-order valence-corrected chi connectivity index (χ3v) is 5.37. The van der Waals surface area contributed by atoms with Crippen molar-refractivity contribution in [1.82, 2.24) is 25.4 Å². The molecule has 30 heavy (non-hydrogen) atoms. The summed E-state index contributed by atoms with van der Waals surface area (Å²) in [6.07, 6.45) is 7.59. The summed E-state index contributed by atoms with van der Waals surface area (Å²) in [5, 5.41) is 10.3. The number of benzene rings is 1. The SMILES string of the molecule is CSCCC(NC(=O)c1ccccc1Cl)C(=O)NCc1cccnc1-n1cccn1. The highest BCUT2D eigenvalue weighted by Gasteiger charge is 2.22. The first-order chi connectivity index (χ1) is 14.6. The van der Waals surface area contributed by atoms with E-state index in [1.165, 1.54) is 0 Å². The number of hydrogen-bond acceptors (Lipinski definition) is 5. The number of amides is 2. The van der Waals surface area contributed by atoms with Crippen LogP contribution in [0, 0.1) is 0 Å². The molecule has 0 spiro atoms. The van der Waals surface area contributed by atoms with Crippen LogP contribution in [0.25, 0.3) is 5.82 Å². The summed E-state index contributed by atoms with van der Waals surface area (Å²) in [7, 11) is 0. The van der Waals surface area contributed by atoms with Crippen molar-refractivity contribution in [2.24, 2.45) is 0 Å². The van der Waals surface area contributed by atoms with Gasteiger partial charge in [-0.15, -0.1) is 0 Å². The zero-order chi connectivity index (χ0) is 21.3. The van der Waals surface area contributed by atoms with E-state index in [4.69, 9.17) is 11.6 Å². The predicted octanol–water partition coefficient (Wildman–Crippen LogP) is 3.09. The van der Waals surface area contributed by atoms with Gasteiger partial charge in [0.25, 0.3) is 5.91 Å². The number of pyridine rings is 1. The van der Waals surface area contributed by atoms with Crippen LogP contribution in [0.5, 0.6) is 0 Å². The highest BCUT2D eigenvalue weighted by molar-refractivity contribution is 7.98. The number of nitrogens with one attached hydrogen (secondary N) is 2. The molecule has 0 saturated carbocycles. The molecular formula is C21H22ClN5O2S. The number of thioether (sulfide) groups is 1. The van der Waals surface area contributed by atoms with Crippen LogP contribution in [0.4, 0.5) is 0 Å². The first-order valence-corrected chi connectivity index (χ1v) is 11.1. The molecule has 156 valence electrons. The molecule has 1 aromatic carbocycles. The Hall–Kier alpha value is -2.84. The van der Waals surface area contributed by atoms with E-state index in [1.807, 2.05) is 12.3 Å². The highest BCUT2D eigenvalue weighted by Crippen LogP contribution is 2.15. The van der Waals surface area contributed by atoms with E-state index in [2.05, 4.69) is 20.7 Å². The van der Waals surface area contributed by atoms with Gasteiger partial charge in [-0.05, 0) is 42.7 Å². The number of carbonyl (C=O) groups excluding carboxylic acids is 2.